The van der Waals surface area contributed by atoms with Crippen LogP contribution >= 0.6 is 0 Å². The Morgan fingerprint density at radius 2 is 0.816 bits per heavy atom. The normalized spacial score (nSPS) is 11.7. The van der Waals surface area contributed by atoms with Crippen LogP contribution in [0.25, 0.3) is 99.2 Å². The molecule has 49 heavy (non-hydrogen) atoms. The van der Waals surface area contributed by atoms with Crippen LogP contribution in [0.1, 0.15) is 0 Å². The van der Waals surface area contributed by atoms with E-state index in [9.17, 15) is 0 Å². The molecule has 0 saturated heterocycles. The SMILES string of the molecule is c1ccc2c(c1)oc1c(-c3ccc(-c4ccc(-c5ccc(-c6cnc7c8ccccc8c8ccccc8c7n6)cc5)cc4)cc3)cccc12. The predicted molar refractivity (Wildman–Crippen MR) is 204 cm³/mol. The lowest BCUT2D eigenvalue weighted by Crippen LogP contribution is -1.92. The summed E-state index contributed by atoms with van der Waals surface area (Å²) < 4.78 is 6.28. The summed E-state index contributed by atoms with van der Waals surface area (Å²) in [6.45, 7) is 0. The molecule has 0 aliphatic carbocycles. The van der Waals surface area contributed by atoms with Crippen molar-refractivity contribution in [2.24, 2.45) is 0 Å². The highest BCUT2D eigenvalue weighted by atomic mass is 16.3. The molecule has 0 unspecified atom stereocenters. The van der Waals surface area contributed by atoms with Crippen LogP contribution in [-0.4, -0.2) is 9.97 Å². The van der Waals surface area contributed by atoms with Crippen molar-refractivity contribution >= 4 is 54.5 Å². The number of hydrogen-bond donors (Lipinski definition) is 0. The quantitative estimate of drug-likeness (QED) is 0.183. The van der Waals surface area contributed by atoms with Gasteiger partial charge in [0.25, 0.3) is 0 Å². The van der Waals surface area contributed by atoms with Gasteiger partial charge in [-0.15, -0.1) is 0 Å². The van der Waals surface area contributed by atoms with E-state index >= 15 is 0 Å². The van der Waals surface area contributed by atoms with Crippen LogP contribution in [0.4, 0.5) is 0 Å². The first-order valence-corrected chi connectivity index (χ1v) is 16.6. The van der Waals surface area contributed by atoms with E-state index in [1.807, 2.05) is 18.3 Å². The minimum Gasteiger partial charge on any atom is -0.455 e. The van der Waals surface area contributed by atoms with Crippen molar-refractivity contribution in [1.82, 2.24) is 9.97 Å². The highest BCUT2D eigenvalue weighted by Gasteiger charge is 2.14. The van der Waals surface area contributed by atoms with Gasteiger partial charge in [-0.05, 0) is 44.7 Å². The second kappa shape index (κ2) is 11.0. The molecule has 3 nitrogen and oxygen atoms in total. The van der Waals surface area contributed by atoms with E-state index in [1.54, 1.807) is 0 Å². The maximum Gasteiger partial charge on any atom is 0.143 e. The van der Waals surface area contributed by atoms with Crippen molar-refractivity contribution in [1.29, 1.82) is 0 Å². The van der Waals surface area contributed by atoms with Crippen molar-refractivity contribution in [3.8, 4) is 44.6 Å². The second-order valence-corrected chi connectivity index (χ2v) is 12.6. The molecule has 0 atom stereocenters. The van der Waals surface area contributed by atoms with Gasteiger partial charge in [-0.25, -0.2) is 4.98 Å². The van der Waals surface area contributed by atoms with Crippen LogP contribution in [-0.2, 0) is 0 Å². The molecule has 8 aromatic carbocycles. The number of aromatic nitrogens is 2. The molecule has 10 rings (SSSR count). The smallest absolute Gasteiger partial charge is 0.143 e. The number of para-hydroxylation sites is 2. The Kier molecular flexibility index (Phi) is 6.18. The molecular formula is C46H28N2O. The zero-order chi connectivity index (χ0) is 32.3. The fourth-order valence-corrected chi connectivity index (χ4v) is 7.27. The molecule has 2 aromatic heterocycles. The van der Waals surface area contributed by atoms with Gasteiger partial charge >= 0.3 is 0 Å². The highest BCUT2D eigenvalue weighted by Crippen LogP contribution is 2.37. The van der Waals surface area contributed by atoms with Crippen LogP contribution in [0.5, 0.6) is 0 Å². The van der Waals surface area contributed by atoms with Crippen LogP contribution in [0.2, 0.25) is 0 Å². The summed E-state index contributed by atoms with van der Waals surface area (Å²) in [5, 5.41) is 6.96. The van der Waals surface area contributed by atoms with E-state index in [-0.39, 0.29) is 0 Å². The molecular weight excluding hydrogens is 597 g/mol. The maximum atomic E-state index is 6.28. The topological polar surface area (TPSA) is 38.9 Å². The molecule has 10 aromatic rings. The monoisotopic (exact) mass is 624 g/mol. The Morgan fingerprint density at radius 1 is 0.347 bits per heavy atom. The van der Waals surface area contributed by atoms with E-state index < -0.39 is 0 Å². The van der Waals surface area contributed by atoms with Gasteiger partial charge in [0.15, 0.2) is 0 Å². The number of benzene rings is 8. The molecule has 2 heterocycles. The lowest BCUT2D eigenvalue weighted by atomic mass is 9.97. The molecule has 228 valence electrons. The zero-order valence-corrected chi connectivity index (χ0v) is 26.5. The van der Waals surface area contributed by atoms with Crippen molar-refractivity contribution in [3.05, 3.63) is 170 Å². The van der Waals surface area contributed by atoms with Gasteiger partial charge in [0, 0.05) is 32.7 Å². The van der Waals surface area contributed by atoms with Gasteiger partial charge < -0.3 is 4.42 Å². The fourth-order valence-electron chi connectivity index (χ4n) is 7.27. The summed E-state index contributed by atoms with van der Waals surface area (Å²) in [7, 11) is 0. The first-order chi connectivity index (χ1) is 24.3. The molecule has 0 amide bonds. The molecule has 0 spiro atoms. The molecule has 0 bridgehead atoms. The van der Waals surface area contributed by atoms with Gasteiger partial charge in [0.05, 0.1) is 22.9 Å². The molecule has 0 fully saturated rings. The molecule has 3 heteroatoms. The van der Waals surface area contributed by atoms with Crippen molar-refractivity contribution in [2.45, 2.75) is 0 Å². The van der Waals surface area contributed by atoms with Crippen LogP contribution in [0.3, 0.4) is 0 Å². The third kappa shape index (κ3) is 4.51. The average molecular weight is 625 g/mol. The van der Waals surface area contributed by atoms with E-state index in [0.717, 1.165) is 71.7 Å². The Morgan fingerprint density at radius 3 is 1.43 bits per heavy atom. The van der Waals surface area contributed by atoms with Gasteiger partial charge in [-0.2, -0.15) is 0 Å². The number of fused-ring (bicyclic) bond motifs is 9. The fraction of sp³-hybridized carbons (Fsp3) is 0. The summed E-state index contributed by atoms with van der Waals surface area (Å²) >= 11 is 0. The minimum absolute atomic E-state index is 0.870. The van der Waals surface area contributed by atoms with E-state index in [2.05, 4.69) is 152 Å². The molecule has 0 aliphatic heterocycles. The van der Waals surface area contributed by atoms with Crippen molar-refractivity contribution < 1.29 is 4.42 Å². The zero-order valence-electron chi connectivity index (χ0n) is 26.5. The summed E-state index contributed by atoms with van der Waals surface area (Å²) in [4.78, 5) is 10.1. The van der Waals surface area contributed by atoms with E-state index in [4.69, 9.17) is 14.4 Å². The minimum atomic E-state index is 0.870. The average Bonchev–Trinajstić information content (AvgIpc) is 3.57. The lowest BCUT2D eigenvalue weighted by molar-refractivity contribution is 0.670. The first-order valence-electron chi connectivity index (χ1n) is 16.6. The first kappa shape index (κ1) is 27.5. The Bertz CT molecular complexity index is 2810. The lowest BCUT2D eigenvalue weighted by Gasteiger charge is -2.11. The molecule has 0 radical (unpaired) electrons. The van der Waals surface area contributed by atoms with Gasteiger partial charge in [0.1, 0.15) is 11.2 Å². The van der Waals surface area contributed by atoms with Crippen LogP contribution in [0.15, 0.2) is 174 Å². The summed E-state index contributed by atoms with van der Waals surface area (Å²) in [5.41, 5.74) is 12.6. The number of furan rings is 1. The standard InChI is InChI=1S/C46H28N2O/c1-3-11-39-36(8-1)37-9-2-4-12-40(37)45-44(39)47-28-42(48-45)34-26-22-32(23-27-34)30-18-16-29(17-19-30)31-20-24-33(25-21-31)35-13-7-14-41-38-10-5-6-15-43(38)49-46(35)41/h1-28H. The summed E-state index contributed by atoms with van der Waals surface area (Å²) in [6.07, 6.45) is 1.90. The van der Waals surface area contributed by atoms with Gasteiger partial charge in [-0.3, -0.25) is 4.98 Å². The molecule has 0 N–H and O–H groups in total. The Labute approximate surface area is 282 Å². The largest absolute Gasteiger partial charge is 0.455 e. The maximum absolute atomic E-state index is 6.28. The van der Waals surface area contributed by atoms with Crippen molar-refractivity contribution in [3.63, 3.8) is 0 Å². The third-order valence-electron chi connectivity index (χ3n) is 9.76. The Hall–Kier alpha value is -6.58. The predicted octanol–water partition coefficient (Wildman–Crippen LogP) is 12.5. The molecule has 0 saturated carbocycles. The van der Waals surface area contributed by atoms with Gasteiger partial charge in [-0.1, -0.05) is 158 Å². The second-order valence-electron chi connectivity index (χ2n) is 12.6. The van der Waals surface area contributed by atoms with Crippen molar-refractivity contribution in [2.75, 3.05) is 0 Å². The third-order valence-corrected chi connectivity index (χ3v) is 9.76. The van der Waals surface area contributed by atoms with E-state index in [0.29, 0.717) is 0 Å². The number of rotatable bonds is 4. The van der Waals surface area contributed by atoms with E-state index in [1.165, 1.54) is 27.5 Å². The summed E-state index contributed by atoms with van der Waals surface area (Å²) in [5.74, 6) is 0. The highest BCUT2D eigenvalue weighted by molar-refractivity contribution is 6.23. The van der Waals surface area contributed by atoms with Crippen LogP contribution < -0.4 is 0 Å². The number of nitrogens with zero attached hydrogens (tertiary/aromatic N) is 2. The Balaban J connectivity index is 0.927. The van der Waals surface area contributed by atoms with Crippen LogP contribution in [0, 0.1) is 0 Å². The molecule has 0 aliphatic rings. The summed E-state index contributed by atoms with van der Waals surface area (Å²) in [6, 6.07) is 57.7. The number of hydrogen-bond acceptors (Lipinski definition) is 3. The van der Waals surface area contributed by atoms with Gasteiger partial charge in [0.2, 0.25) is 0 Å².